The van der Waals surface area contributed by atoms with Crippen molar-refractivity contribution in [2.24, 2.45) is 0 Å². The number of hydrogen-bond acceptors (Lipinski definition) is 3. The van der Waals surface area contributed by atoms with Crippen molar-refractivity contribution in [2.45, 2.75) is 6.54 Å². The van der Waals surface area contributed by atoms with Gasteiger partial charge in [-0.25, -0.2) is 9.78 Å². The van der Waals surface area contributed by atoms with Crippen LogP contribution in [-0.2, 0) is 6.54 Å². The van der Waals surface area contributed by atoms with Gasteiger partial charge < -0.3 is 10.4 Å². The van der Waals surface area contributed by atoms with Crippen LogP contribution in [0.4, 0.5) is 5.69 Å². The van der Waals surface area contributed by atoms with Crippen LogP contribution in [0.15, 0.2) is 60.7 Å². The average molecular weight is 278 g/mol. The first-order chi connectivity index (χ1) is 10.2. The minimum Gasteiger partial charge on any atom is -0.477 e. The maximum absolute atomic E-state index is 11.2. The molecule has 0 radical (unpaired) electrons. The van der Waals surface area contributed by atoms with Crippen LogP contribution in [0.1, 0.15) is 16.1 Å². The third kappa shape index (κ3) is 2.84. The number of fused-ring (bicyclic) bond motifs is 1. The van der Waals surface area contributed by atoms with Crippen LogP contribution < -0.4 is 5.32 Å². The molecule has 0 aliphatic carbocycles. The lowest BCUT2D eigenvalue weighted by atomic mass is 10.1. The second-order valence-electron chi connectivity index (χ2n) is 4.72. The Labute approximate surface area is 122 Å². The van der Waals surface area contributed by atoms with Crippen molar-refractivity contribution < 1.29 is 9.90 Å². The molecule has 0 atom stereocenters. The van der Waals surface area contributed by atoms with E-state index in [4.69, 9.17) is 5.11 Å². The van der Waals surface area contributed by atoms with Crippen molar-refractivity contribution >= 4 is 22.6 Å². The summed E-state index contributed by atoms with van der Waals surface area (Å²) in [6.07, 6.45) is 0. The van der Waals surface area contributed by atoms with Crippen LogP contribution in [0.3, 0.4) is 0 Å². The normalized spacial score (nSPS) is 10.5. The van der Waals surface area contributed by atoms with Crippen molar-refractivity contribution in [3.05, 3.63) is 71.9 Å². The number of pyridine rings is 1. The number of hydrogen-bond donors (Lipinski definition) is 2. The van der Waals surface area contributed by atoms with Crippen molar-refractivity contribution in [2.75, 3.05) is 5.32 Å². The van der Waals surface area contributed by atoms with Gasteiger partial charge in [0.25, 0.3) is 0 Å². The van der Waals surface area contributed by atoms with Gasteiger partial charge in [-0.3, -0.25) is 0 Å². The SMILES string of the molecule is O=C(O)c1cc(NCc2ccccc2)c2ccccc2n1. The van der Waals surface area contributed by atoms with E-state index in [2.05, 4.69) is 10.3 Å². The number of rotatable bonds is 4. The van der Waals surface area contributed by atoms with Gasteiger partial charge in [-0.15, -0.1) is 0 Å². The van der Waals surface area contributed by atoms with E-state index in [9.17, 15) is 4.79 Å². The Hall–Kier alpha value is -2.88. The van der Waals surface area contributed by atoms with Crippen molar-refractivity contribution in [3.8, 4) is 0 Å². The summed E-state index contributed by atoms with van der Waals surface area (Å²) in [6, 6.07) is 19.1. The number of aromatic nitrogens is 1. The molecule has 4 heteroatoms. The van der Waals surface area contributed by atoms with E-state index in [1.807, 2.05) is 54.6 Å². The molecule has 0 saturated heterocycles. The number of nitrogens with one attached hydrogen (secondary N) is 1. The highest BCUT2D eigenvalue weighted by Crippen LogP contribution is 2.23. The Morgan fingerprint density at radius 3 is 2.52 bits per heavy atom. The zero-order valence-electron chi connectivity index (χ0n) is 11.3. The number of benzene rings is 2. The van der Waals surface area contributed by atoms with Crippen LogP contribution in [0.5, 0.6) is 0 Å². The molecule has 0 bridgehead atoms. The predicted molar refractivity (Wildman–Crippen MR) is 82.5 cm³/mol. The molecule has 21 heavy (non-hydrogen) atoms. The molecule has 0 amide bonds. The number of anilines is 1. The summed E-state index contributed by atoms with van der Waals surface area (Å²) in [5.74, 6) is -1.02. The molecule has 3 aromatic rings. The quantitative estimate of drug-likeness (QED) is 0.766. The van der Waals surface area contributed by atoms with Crippen LogP contribution in [0, 0.1) is 0 Å². The van der Waals surface area contributed by atoms with Gasteiger partial charge >= 0.3 is 5.97 Å². The molecule has 104 valence electrons. The molecule has 0 saturated carbocycles. The Balaban J connectivity index is 1.98. The van der Waals surface area contributed by atoms with Gasteiger partial charge in [0.15, 0.2) is 5.69 Å². The fourth-order valence-electron chi connectivity index (χ4n) is 2.22. The van der Waals surface area contributed by atoms with Crippen LogP contribution in [0.2, 0.25) is 0 Å². The van der Waals surface area contributed by atoms with E-state index >= 15 is 0 Å². The minimum atomic E-state index is -1.02. The Kier molecular flexibility index (Phi) is 3.51. The van der Waals surface area contributed by atoms with E-state index in [0.29, 0.717) is 12.1 Å². The lowest BCUT2D eigenvalue weighted by Crippen LogP contribution is -2.05. The molecule has 1 aromatic heterocycles. The van der Waals surface area contributed by atoms with Crippen LogP contribution >= 0.6 is 0 Å². The molecule has 4 nitrogen and oxygen atoms in total. The molecule has 0 aliphatic heterocycles. The predicted octanol–water partition coefficient (Wildman–Crippen LogP) is 3.55. The molecule has 0 fully saturated rings. The van der Waals surface area contributed by atoms with Gasteiger partial charge in [0.1, 0.15) is 0 Å². The van der Waals surface area contributed by atoms with E-state index < -0.39 is 5.97 Å². The Morgan fingerprint density at radius 1 is 1.05 bits per heavy atom. The number of nitrogens with zero attached hydrogens (tertiary/aromatic N) is 1. The molecule has 0 unspecified atom stereocenters. The molecule has 0 aliphatic rings. The number of carbonyl (C=O) groups is 1. The van der Waals surface area contributed by atoms with Gasteiger partial charge in [-0.1, -0.05) is 48.5 Å². The smallest absolute Gasteiger partial charge is 0.354 e. The van der Waals surface area contributed by atoms with Crippen molar-refractivity contribution in [1.29, 1.82) is 0 Å². The number of para-hydroxylation sites is 1. The van der Waals surface area contributed by atoms with Gasteiger partial charge in [-0.2, -0.15) is 0 Å². The van der Waals surface area contributed by atoms with Gasteiger partial charge in [-0.05, 0) is 17.7 Å². The minimum absolute atomic E-state index is 0.0456. The van der Waals surface area contributed by atoms with Gasteiger partial charge in [0.05, 0.1) is 5.52 Å². The first-order valence-corrected chi connectivity index (χ1v) is 6.65. The molecule has 2 aromatic carbocycles. The molecule has 3 rings (SSSR count). The summed E-state index contributed by atoms with van der Waals surface area (Å²) in [6.45, 7) is 0.633. The summed E-state index contributed by atoms with van der Waals surface area (Å²) in [5.41, 5.74) is 2.63. The fraction of sp³-hybridized carbons (Fsp3) is 0.0588. The highest BCUT2D eigenvalue weighted by Gasteiger charge is 2.10. The van der Waals surface area contributed by atoms with E-state index in [-0.39, 0.29) is 5.69 Å². The summed E-state index contributed by atoms with van der Waals surface area (Å²) >= 11 is 0. The topological polar surface area (TPSA) is 62.2 Å². The highest BCUT2D eigenvalue weighted by atomic mass is 16.4. The summed E-state index contributed by atoms with van der Waals surface area (Å²) in [5, 5.41) is 13.4. The summed E-state index contributed by atoms with van der Waals surface area (Å²) < 4.78 is 0. The van der Waals surface area contributed by atoms with Crippen molar-refractivity contribution in [3.63, 3.8) is 0 Å². The lowest BCUT2D eigenvalue weighted by molar-refractivity contribution is 0.0691. The van der Waals surface area contributed by atoms with E-state index in [0.717, 1.165) is 16.6 Å². The first kappa shape index (κ1) is 13.1. The summed E-state index contributed by atoms with van der Waals surface area (Å²) in [4.78, 5) is 15.3. The summed E-state index contributed by atoms with van der Waals surface area (Å²) in [7, 11) is 0. The largest absolute Gasteiger partial charge is 0.477 e. The molecule has 0 spiro atoms. The monoisotopic (exact) mass is 278 g/mol. The van der Waals surface area contributed by atoms with E-state index in [1.54, 1.807) is 6.07 Å². The zero-order valence-corrected chi connectivity index (χ0v) is 11.3. The zero-order chi connectivity index (χ0) is 14.7. The highest BCUT2D eigenvalue weighted by molar-refractivity contribution is 5.97. The van der Waals surface area contributed by atoms with Crippen LogP contribution in [-0.4, -0.2) is 16.1 Å². The second-order valence-corrected chi connectivity index (χ2v) is 4.72. The molecule has 2 N–H and O–H groups in total. The first-order valence-electron chi connectivity index (χ1n) is 6.65. The maximum Gasteiger partial charge on any atom is 0.354 e. The standard InChI is InChI=1S/C17H14N2O2/c20-17(21)16-10-15(13-8-4-5-9-14(13)19-16)18-11-12-6-2-1-3-7-12/h1-10H,11H2,(H,18,19)(H,20,21). The average Bonchev–Trinajstić information content (AvgIpc) is 2.53. The maximum atomic E-state index is 11.2. The van der Waals surface area contributed by atoms with Crippen molar-refractivity contribution in [1.82, 2.24) is 4.98 Å². The third-order valence-corrected chi connectivity index (χ3v) is 3.26. The molecule has 1 heterocycles. The van der Waals surface area contributed by atoms with Crippen LogP contribution in [0.25, 0.3) is 10.9 Å². The molecular weight excluding hydrogens is 264 g/mol. The third-order valence-electron chi connectivity index (χ3n) is 3.26. The van der Waals surface area contributed by atoms with Gasteiger partial charge in [0.2, 0.25) is 0 Å². The van der Waals surface area contributed by atoms with E-state index in [1.165, 1.54) is 0 Å². The Morgan fingerprint density at radius 2 is 1.76 bits per heavy atom. The second kappa shape index (κ2) is 5.63. The number of carboxylic acid groups (broad SMARTS) is 1. The number of carboxylic acids is 1. The fourth-order valence-corrected chi connectivity index (χ4v) is 2.22. The Bertz CT molecular complexity index is 785. The number of aromatic carboxylic acids is 1. The molecular formula is C17H14N2O2. The lowest BCUT2D eigenvalue weighted by Gasteiger charge is -2.10. The van der Waals surface area contributed by atoms with Gasteiger partial charge in [0, 0.05) is 17.6 Å².